The third kappa shape index (κ3) is 3.73. The van der Waals surface area contributed by atoms with E-state index in [0.717, 1.165) is 33.5 Å². The minimum absolute atomic E-state index is 0.0133. The largest absolute Gasteiger partial charge is 0.497 e. The molecule has 0 fully saturated rings. The number of carbonyl (C=O) groups excluding carboxylic acids is 1. The number of aromatic nitrogens is 1. The predicted octanol–water partition coefficient (Wildman–Crippen LogP) is 3.03. The topological polar surface area (TPSA) is 67.5 Å². The van der Waals surface area contributed by atoms with Gasteiger partial charge in [-0.05, 0) is 55.8 Å². The number of hydroxylamine groups is 2. The van der Waals surface area contributed by atoms with Gasteiger partial charge in [0.25, 0.3) is 5.91 Å². The number of hydrogen-bond acceptors (Lipinski definition) is 4. The van der Waals surface area contributed by atoms with Gasteiger partial charge in [0.1, 0.15) is 17.4 Å². The summed E-state index contributed by atoms with van der Waals surface area (Å²) in [7, 11) is 4.47. The number of rotatable bonds is 5. The molecule has 1 aromatic heterocycles. The van der Waals surface area contributed by atoms with Crippen molar-refractivity contribution in [3.05, 3.63) is 52.9 Å². The van der Waals surface area contributed by atoms with Crippen molar-refractivity contribution in [3.8, 4) is 17.5 Å². The lowest BCUT2D eigenvalue weighted by atomic mass is 10.1. The molecule has 0 saturated carbocycles. The third-order valence-corrected chi connectivity index (χ3v) is 4.01. The van der Waals surface area contributed by atoms with Gasteiger partial charge in [0, 0.05) is 24.1 Å². The Hall–Kier alpha value is -3.04. The van der Waals surface area contributed by atoms with E-state index in [-0.39, 0.29) is 5.57 Å². The fourth-order valence-electron chi connectivity index (χ4n) is 2.61. The van der Waals surface area contributed by atoms with Gasteiger partial charge in [-0.2, -0.15) is 5.26 Å². The van der Waals surface area contributed by atoms with Crippen LogP contribution in [0.4, 0.5) is 0 Å². The van der Waals surface area contributed by atoms with Gasteiger partial charge >= 0.3 is 0 Å². The Kier molecular flexibility index (Phi) is 5.63. The van der Waals surface area contributed by atoms with Gasteiger partial charge in [-0.1, -0.05) is 0 Å². The summed E-state index contributed by atoms with van der Waals surface area (Å²) < 4.78 is 7.25. The van der Waals surface area contributed by atoms with E-state index in [0.29, 0.717) is 0 Å². The number of carbonyl (C=O) groups is 1. The van der Waals surface area contributed by atoms with Gasteiger partial charge in [-0.15, -0.1) is 0 Å². The van der Waals surface area contributed by atoms with E-state index in [1.54, 1.807) is 13.2 Å². The molecule has 0 bridgehead atoms. The van der Waals surface area contributed by atoms with Crippen molar-refractivity contribution in [3.63, 3.8) is 0 Å². The number of aryl methyl sites for hydroxylation is 1. The van der Waals surface area contributed by atoms with Crippen molar-refractivity contribution in [1.82, 2.24) is 9.63 Å². The quantitative estimate of drug-likeness (QED) is 0.477. The van der Waals surface area contributed by atoms with Gasteiger partial charge in [-0.25, -0.2) is 5.06 Å². The van der Waals surface area contributed by atoms with Gasteiger partial charge in [-0.3, -0.25) is 9.63 Å². The van der Waals surface area contributed by atoms with E-state index in [9.17, 15) is 10.1 Å². The van der Waals surface area contributed by atoms with Gasteiger partial charge < -0.3 is 9.30 Å². The van der Waals surface area contributed by atoms with Crippen LogP contribution in [0.15, 0.2) is 35.9 Å². The zero-order valence-corrected chi connectivity index (χ0v) is 15.0. The number of nitrogens with zero attached hydrogens (tertiary/aromatic N) is 3. The number of nitriles is 1. The molecule has 0 aliphatic rings. The van der Waals surface area contributed by atoms with Crippen molar-refractivity contribution in [2.24, 2.45) is 0 Å². The minimum Gasteiger partial charge on any atom is -0.497 e. The normalized spacial score (nSPS) is 11.1. The van der Waals surface area contributed by atoms with E-state index in [4.69, 9.17) is 9.57 Å². The Morgan fingerprint density at radius 3 is 2.40 bits per heavy atom. The lowest BCUT2D eigenvalue weighted by Crippen LogP contribution is -2.26. The zero-order chi connectivity index (χ0) is 18.6. The number of benzene rings is 1. The monoisotopic (exact) mass is 339 g/mol. The first-order valence-electron chi connectivity index (χ1n) is 7.70. The molecule has 0 saturated heterocycles. The molecule has 6 heteroatoms. The maximum atomic E-state index is 12.1. The van der Waals surface area contributed by atoms with Gasteiger partial charge in [0.05, 0.1) is 14.2 Å². The molecular weight excluding hydrogens is 318 g/mol. The summed E-state index contributed by atoms with van der Waals surface area (Å²) in [6.07, 6.45) is 1.58. The van der Waals surface area contributed by atoms with Crippen LogP contribution in [-0.2, 0) is 9.63 Å². The second-order valence-electron chi connectivity index (χ2n) is 5.51. The van der Waals surface area contributed by atoms with Crippen molar-refractivity contribution in [2.75, 3.05) is 21.3 Å². The van der Waals surface area contributed by atoms with Crippen LogP contribution in [-0.4, -0.2) is 36.8 Å². The van der Waals surface area contributed by atoms with Crippen LogP contribution in [0.5, 0.6) is 5.75 Å². The molecule has 1 heterocycles. The highest BCUT2D eigenvalue weighted by atomic mass is 16.7. The second-order valence-corrected chi connectivity index (χ2v) is 5.51. The first-order chi connectivity index (χ1) is 11.9. The summed E-state index contributed by atoms with van der Waals surface area (Å²) in [6.45, 7) is 3.92. The molecule has 0 aliphatic carbocycles. The molecular formula is C19H21N3O3. The molecule has 1 aromatic carbocycles. The summed E-state index contributed by atoms with van der Waals surface area (Å²) in [5, 5.41) is 10.3. The molecule has 25 heavy (non-hydrogen) atoms. The molecule has 0 aliphatic heterocycles. The van der Waals surface area contributed by atoms with Gasteiger partial charge in [0.15, 0.2) is 0 Å². The average Bonchev–Trinajstić information content (AvgIpc) is 2.91. The molecule has 0 N–H and O–H groups in total. The predicted molar refractivity (Wildman–Crippen MR) is 95.2 cm³/mol. The van der Waals surface area contributed by atoms with Crippen LogP contribution >= 0.6 is 0 Å². The lowest BCUT2D eigenvalue weighted by Gasteiger charge is -2.12. The van der Waals surface area contributed by atoms with E-state index in [1.807, 2.05) is 50.2 Å². The first kappa shape index (κ1) is 18.3. The fourth-order valence-corrected chi connectivity index (χ4v) is 2.61. The van der Waals surface area contributed by atoms with Crippen LogP contribution in [0.2, 0.25) is 0 Å². The highest BCUT2D eigenvalue weighted by molar-refractivity contribution is 6.01. The number of amides is 1. The molecule has 2 aromatic rings. The van der Waals surface area contributed by atoms with E-state index < -0.39 is 5.91 Å². The highest BCUT2D eigenvalue weighted by Crippen LogP contribution is 2.24. The number of hydrogen-bond donors (Lipinski definition) is 0. The Morgan fingerprint density at radius 2 is 1.88 bits per heavy atom. The maximum absolute atomic E-state index is 12.1. The Balaban J connectivity index is 2.46. The number of methoxy groups -OCH3 is 1. The van der Waals surface area contributed by atoms with Crippen LogP contribution in [0.1, 0.15) is 17.0 Å². The van der Waals surface area contributed by atoms with Crippen LogP contribution in [0.25, 0.3) is 11.8 Å². The standard InChI is InChI=1S/C19H21N3O3/c1-13-10-15(11-16(12-20)19(23)21(3)25-5)14(2)22(13)17-6-8-18(24-4)9-7-17/h6-11H,1-5H3/b16-11+. The van der Waals surface area contributed by atoms with Crippen LogP contribution < -0.4 is 4.74 Å². The molecule has 130 valence electrons. The second kappa shape index (κ2) is 7.69. The summed E-state index contributed by atoms with van der Waals surface area (Å²) >= 11 is 0. The Labute approximate surface area is 147 Å². The van der Waals surface area contributed by atoms with Crippen molar-refractivity contribution >= 4 is 12.0 Å². The Morgan fingerprint density at radius 1 is 1.24 bits per heavy atom. The summed E-state index contributed by atoms with van der Waals surface area (Å²) in [5.41, 5.74) is 3.73. The smallest absolute Gasteiger partial charge is 0.287 e. The van der Waals surface area contributed by atoms with Crippen LogP contribution in [0.3, 0.4) is 0 Å². The molecule has 0 radical (unpaired) electrons. The summed E-state index contributed by atoms with van der Waals surface area (Å²) in [4.78, 5) is 17.0. The average molecular weight is 339 g/mol. The van der Waals surface area contributed by atoms with Crippen molar-refractivity contribution in [1.29, 1.82) is 5.26 Å². The zero-order valence-electron chi connectivity index (χ0n) is 15.0. The molecule has 0 spiro atoms. The van der Waals surface area contributed by atoms with Gasteiger partial charge in [0.2, 0.25) is 0 Å². The molecule has 0 atom stereocenters. The minimum atomic E-state index is -0.487. The lowest BCUT2D eigenvalue weighted by molar-refractivity contribution is -0.163. The SMILES string of the molecule is COc1ccc(-n2c(C)cc(/C=C(\C#N)C(=O)N(C)OC)c2C)cc1. The number of likely N-dealkylation sites (N-methyl/N-ethyl adjacent to an activating group) is 1. The number of ether oxygens (including phenoxy) is 1. The maximum Gasteiger partial charge on any atom is 0.287 e. The van der Waals surface area contributed by atoms with E-state index in [2.05, 4.69) is 4.57 Å². The molecule has 0 unspecified atom stereocenters. The summed E-state index contributed by atoms with van der Waals surface area (Å²) in [6, 6.07) is 11.6. The van der Waals surface area contributed by atoms with Crippen LogP contribution in [0, 0.1) is 25.2 Å². The third-order valence-electron chi connectivity index (χ3n) is 4.01. The molecule has 1 amide bonds. The Bertz CT molecular complexity index is 842. The van der Waals surface area contributed by atoms with E-state index in [1.165, 1.54) is 14.2 Å². The molecule has 2 rings (SSSR count). The van der Waals surface area contributed by atoms with Crippen molar-refractivity contribution < 1.29 is 14.4 Å². The van der Waals surface area contributed by atoms with Crippen molar-refractivity contribution in [2.45, 2.75) is 13.8 Å². The fraction of sp³-hybridized carbons (Fsp3) is 0.263. The van der Waals surface area contributed by atoms with E-state index >= 15 is 0 Å². The summed E-state index contributed by atoms with van der Waals surface area (Å²) in [5.74, 6) is 0.297. The highest BCUT2D eigenvalue weighted by Gasteiger charge is 2.16. The first-order valence-corrected chi connectivity index (χ1v) is 7.70. The molecule has 6 nitrogen and oxygen atoms in total.